The molecule has 1 atom stereocenters. The van der Waals surface area contributed by atoms with Crippen LogP contribution in [0.1, 0.15) is 16.6 Å². The van der Waals surface area contributed by atoms with E-state index in [4.69, 9.17) is 0 Å². The minimum Gasteiger partial charge on any atom is -0.357 e. The van der Waals surface area contributed by atoms with Crippen molar-refractivity contribution in [2.75, 3.05) is 17.6 Å². The highest BCUT2D eigenvalue weighted by molar-refractivity contribution is 8.01. The summed E-state index contributed by atoms with van der Waals surface area (Å²) in [5.41, 5.74) is 1.01. The van der Waals surface area contributed by atoms with Crippen molar-refractivity contribution in [1.82, 2.24) is 20.5 Å². The molecule has 0 fully saturated rings. The molecule has 2 heterocycles. The second-order valence-corrected chi connectivity index (χ2v) is 8.24. The molecule has 0 saturated heterocycles. The van der Waals surface area contributed by atoms with E-state index in [1.165, 1.54) is 34.4 Å². The topological polar surface area (TPSA) is 79.8 Å². The summed E-state index contributed by atoms with van der Waals surface area (Å²) in [5.74, 6) is 0.194. The number of nitrogens with zero attached hydrogens (tertiary/aromatic N) is 3. The summed E-state index contributed by atoms with van der Waals surface area (Å²) in [6, 6.07) is 9.59. The van der Waals surface area contributed by atoms with Crippen molar-refractivity contribution < 1.29 is 4.79 Å². The van der Waals surface area contributed by atoms with Crippen molar-refractivity contribution >= 4 is 45.5 Å². The monoisotopic (exact) mass is 403 g/mol. The molecule has 1 unspecified atom stereocenters. The van der Waals surface area contributed by atoms with Gasteiger partial charge in [-0.05, 0) is 5.56 Å². The van der Waals surface area contributed by atoms with Gasteiger partial charge in [0.1, 0.15) is 11.0 Å². The lowest BCUT2D eigenvalue weighted by Crippen LogP contribution is -2.30. The first kappa shape index (κ1) is 18.6. The number of benzene rings is 1. The summed E-state index contributed by atoms with van der Waals surface area (Å²) in [6.45, 7) is 4.28. The van der Waals surface area contributed by atoms with Gasteiger partial charge in [-0.3, -0.25) is 4.79 Å². The van der Waals surface area contributed by atoms with Crippen molar-refractivity contribution in [2.24, 2.45) is 0 Å². The van der Waals surface area contributed by atoms with E-state index < -0.39 is 0 Å². The molecule has 0 saturated carbocycles. The number of aromatic nitrogens is 3. The Morgan fingerprint density at radius 3 is 2.88 bits per heavy atom. The van der Waals surface area contributed by atoms with Crippen molar-refractivity contribution in [3.8, 4) is 0 Å². The molecule has 2 N–H and O–H groups in total. The van der Waals surface area contributed by atoms with Gasteiger partial charge in [0.25, 0.3) is 0 Å². The van der Waals surface area contributed by atoms with Gasteiger partial charge in [0.05, 0.1) is 5.75 Å². The Labute approximate surface area is 163 Å². The zero-order valence-corrected chi connectivity index (χ0v) is 16.2. The Morgan fingerprint density at radius 2 is 2.15 bits per heavy atom. The molecule has 3 aromatic rings. The third kappa shape index (κ3) is 5.13. The molecule has 0 aliphatic rings. The van der Waals surface area contributed by atoms with E-state index in [1.807, 2.05) is 35.7 Å². The van der Waals surface area contributed by atoms with Crippen molar-refractivity contribution in [3.63, 3.8) is 0 Å². The molecule has 26 heavy (non-hydrogen) atoms. The van der Waals surface area contributed by atoms with Gasteiger partial charge in [-0.25, -0.2) is 4.98 Å². The minimum atomic E-state index is -0.247. The molecule has 1 amide bonds. The molecule has 6 nitrogen and oxygen atoms in total. The summed E-state index contributed by atoms with van der Waals surface area (Å²) in [6.07, 6.45) is 3.50. The van der Waals surface area contributed by atoms with Gasteiger partial charge in [0.15, 0.2) is 4.34 Å². The van der Waals surface area contributed by atoms with Gasteiger partial charge in [-0.15, -0.1) is 28.1 Å². The first-order valence-electron chi connectivity index (χ1n) is 7.81. The number of hydrogen-bond acceptors (Lipinski definition) is 8. The third-order valence-electron chi connectivity index (χ3n) is 3.27. The highest BCUT2D eigenvalue weighted by Gasteiger charge is 2.19. The highest BCUT2D eigenvalue weighted by atomic mass is 32.2. The molecule has 1 aromatic carbocycles. The molecular weight excluding hydrogens is 386 g/mol. The second-order valence-electron chi connectivity index (χ2n) is 5.11. The maximum Gasteiger partial charge on any atom is 0.231 e. The van der Waals surface area contributed by atoms with Crippen LogP contribution in [0.4, 0.5) is 5.13 Å². The van der Waals surface area contributed by atoms with Crippen LogP contribution in [-0.4, -0.2) is 33.4 Å². The Hall–Kier alpha value is -2.23. The Morgan fingerprint density at radius 1 is 1.31 bits per heavy atom. The Balaban J connectivity index is 1.60. The number of amides is 1. The van der Waals surface area contributed by atoms with Gasteiger partial charge >= 0.3 is 0 Å². The number of thioether (sulfide) groups is 1. The van der Waals surface area contributed by atoms with Crippen LogP contribution >= 0.6 is 34.4 Å². The van der Waals surface area contributed by atoms with Gasteiger partial charge < -0.3 is 10.6 Å². The SMILES string of the molecule is C=CCNc1nnc(SCC(=O)NC(c2ccccc2)c2nccs2)s1. The van der Waals surface area contributed by atoms with Crippen LogP contribution < -0.4 is 10.6 Å². The van der Waals surface area contributed by atoms with E-state index in [1.54, 1.807) is 12.3 Å². The van der Waals surface area contributed by atoms with Crippen molar-refractivity contribution in [1.29, 1.82) is 0 Å². The fraction of sp³-hybridized carbons (Fsp3) is 0.176. The molecule has 9 heteroatoms. The number of carbonyl (C=O) groups is 1. The maximum atomic E-state index is 12.4. The van der Waals surface area contributed by atoms with Crippen LogP contribution in [0.3, 0.4) is 0 Å². The van der Waals surface area contributed by atoms with E-state index in [-0.39, 0.29) is 17.7 Å². The number of thiazole rings is 1. The second kappa shape index (κ2) is 9.46. The number of carbonyl (C=O) groups excluding carboxylic acids is 1. The zero-order chi connectivity index (χ0) is 18.2. The highest BCUT2D eigenvalue weighted by Crippen LogP contribution is 2.27. The summed E-state index contributed by atoms with van der Waals surface area (Å²) < 4.78 is 0.747. The number of anilines is 1. The molecule has 2 aromatic heterocycles. The van der Waals surface area contributed by atoms with Crippen molar-refractivity contribution in [2.45, 2.75) is 10.4 Å². The largest absolute Gasteiger partial charge is 0.357 e. The molecule has 134 valence electrons. The maximum absolute atomic E-state index is 12.4. The third-order valence-corrected chi connectivity index (χ3v) is 6.12. The summed E-state index contributed by atoms with van der Waals surface area (Å²) in [4.78, 5) is 16.8. The zero-order valence-electron chi connectivity index (χ0n) is 13.8. The number of nitrogens with one attached hydrogen (secondary N) is 2. The van der Waals surface area contributed by atoms with Crippen LogP contribution in [0.2, 0.25) is 0 Å². The smallest absolute Gasteiger partial charge is 0.231 e. The number of hydrogen-bond donors (Lipinski definition) is 2. The fourth-order valence-electron chi connectivity index (χ4n) is 2.14. The Kier molecular flexibility index (Phi) is 6.75. The predicted octanol–water partition coefficient (Wildman–Crippen LogP) is 3.59. The minimum absolute atomic E-state index is 0.0742. The first-order chi connectivity index (χ1) is 12.8. The van der Waals surface area contributed by atoms with E-state index in [9.17, 15) is 4.79 Å². The normalized spacial score (nSPS) is 11.7. The quantitative estimate of drug-likeness (QED) is 0.420. The van der Waals surface area contributed by atoms with Crippen LogP contribution in [0.15, 0.2) is 58.9 Å². The molecule has 0 spiro atoms. The lowest BCUT2D eigenvalue weighted by molar-refractivity contribution is -0.119. The summed E-state index contributed by atoms with van der Waals surface area (Å²) >= 11 is 4.31. The van der Waals surface area contributed by atoms with Gasteiger partial charge in [0.2, 0.25) is 11.0 Å². The Bertz CT molecular complexity index is 835. The first-order valence-corrected chi connectivity index (χ1v) is 10.5. The average molecular weight is 404 g/mol. The van der Waals surface area contributed by atoms with E-state index in [0.717, 1.165) is 20.0 Å². The molecule has 0 radical (unpaired) electrons. The van der Waals surface area contributed by atoms with E-state index >= 15 is 0 Å². The van der Waals surface area contributed by atoms with Crippen LogP contribution in [-0.2, 0) is 4.79 Å². The van der Waals surface area contributed by atoms with Crippen LogP contribution in [0.25, 0.3) is 0 Å². The lowest BCUT2D eigenvalue weighted by atomic mass is 10.1. The van der Waals surface area contributed by atoms with E-state index in [2.05, 4.69) is 32.4 Å². The molecule has 0 aliphatic carbocycles. The standard InChI is InChI=1S/C17H17N5OS3/c1-2-8-19-16-21-22-17(26-16)25-11-13(23)20-14(15-18-9-10-24-15)12-6-4-3-5-7-12/h2-7,9-10,14H,1,8,11H2,(H,19,21)(H,20,23). The van der Waals surface area contributed by atoms with Gasteiger partial charge in [-0.2, -0.15) is 0 Å². The summed E-state index contributed by atoms with van der Waals surface area (Å²) in [7, 11) is 0. The van der Waals surface area contributed by atoms with Gasteiger partial charge in [-0.1, -0.05) is 59.5 Å². The average Bonchev–Trinajstić information content (AvgIpc) is 3.35. The summed E-state index contributed by atoms with van der Waals surface area (Å²) in [5, 5.41) is 17.7. The predicted molar refractivity (Wildman–Crippen MR) is 108 cm³/mol. The van der Waals surface area contributed by atoms with Crippen LogP contribution in [0, 0.1) is 0 Å². The molecule has 3 rings (SSSR count). The van der Waals surface area contributed by atoms with E-state index in [0.29, 0.717) is 6.54 Å². The molecular formula is C17H17N5OS3. The fourth-order valence-corrected chi connectivity index (χ4v) is 4.42. The molecule has 0 aliphatic heterocycles. The van der Waals surface area contributed by atoms with Crippen molar-refractivity contribution in [3.05, 3.63) is 65.1 Å². The van der Waals surface area contributed by atoms with Crippen LogP contribution in [0.5, 0.6) is 0 Å². The van der Waals surface area contributed by atoms with Gasteiger partial charge in [0, 0.05) is 18.1 Å². The lowest BCUT2D eigenvalue weighted by Gasteiger charge is -2.16. The molecule has 0 bridgehead atoms. The number of rotatable bonds is 9.